The van der Waals surface area contributed by atoms with E-state index >= 15 is 0 Å². The quantitative estimate of drug-likeness (QED) is 0.909. The fourth-order valence-electron chi connectivity index (χ4n) is 2.00. The maximum absolute atomic E-state index is 13.5. The molecule has 0 saturated heterocycles. The first kappa shape index (κ1) is 16.4. The van der Waals surface area contributed by atoms with Crippen molar-refractivity contribution in [3.8, 4) is 0 Å². The molecule has 0 heterocycles. The van der Waals surface area contributed by atoms with E-state index in [-0.39, 0.29) is 18.1 Å². The average Bonchev–Trinajstić information content (AvgIpc) is 2.44. The molecule has 1 N–H and O–H groups in total. The van der Waals surface area contributed by atoms with Gasteiger partial charge in [0.1, 0.15) is 11.6 Å². The number of anilines is 1. The Morgan fingerprint density at radius 3 is 2.64 bits per heavy atom. The molecular formula is C16H15ClF2N2O. The predicted molar refractivity (Wildman–Crippen MR) is 82.8 cm³/mol. The number of nitrogens with one attached hydrogen (secondary N) is 1. The molecule has 0 fully saturated rings. The minimum atomic E-state index is -0.804. The Morgan fingerprint density at radius 1 is 1.23 bits per heavy atom. The van der Waals surface area contributed by atoms with Crippen LogP contribution in [0.4, 0.5) is 14.5 Å². The van der Waals surface area contributed by atoms with Crippen LogP contribution in [0.15, 0.2) is 42.5 Å². The van der Waals surface area contributed by atoms with Crippen molar-refractivity contribution in [1.82, 2.24) is 4.90 Å². The molecule has 116 valence electrons. The molecule has 2 aromatic rings. The second-order valence-corrected chi connectivity index (χ2v) is 5.34. The molecule has 2 aromatic carbocycles. The molecule has 0 aliphatic carbocycles. The molecule has 0 aromatic heterocycles. The van der Waals surface area contributed by atoms with Crippen LogP contribution in [0.3, 0.4) is 0 Å². The lowest BCUT2D eigenvalue weighted by atomic mass is 10.2. The van der Waals surface area contributed by atoms with Crippen molar-refractivity contribution >= 4 is 23.2 Å². The highest BCUT2D eigenvalue weighted by atomic mass is 35.5. The summed E-state index contributed by atoms with van der Waals surface area (Å²) in [7, 11) is 1.75. The summed E-state index contributed by atoms with van der Waals surface area (Å²) in [5.41, 5.74) is 0.852. The van der Waals surface area contributed by atoms with Gasteiger partial charge in [0, 0.05) is 17.6 Å². The van der Waals surface area contributed by atoms with Crippen molar-refractivity contribution in [2.45, 2.75) is 6.54 Å². The van der Waals surface area contributed by atoms with Gasteiger partial charge in [-0.15, -0.1) is 0 Å². The van der Waals surface area contributed by atoms with E-state index in [9.17, 15) is 13.6 Å². The molecule has 1 amide bonds. The maximum atomic E-state index is 13.5. The molecule has 0 aliphatic rings. The number of hydrogen-bond acceptors (Lipinski definition) is 2. The molecule has 0 spiro atoms. The van der Waals surface area contributed by atoms with Crippen molar-refractivity contribution in [2.75, 3.05) is 18.9 Å². The second kappa shape index (κ2) is 7.33. The van der Waals surface area contributed by atoms with Gasteiger partial charge in [0.15, 0.2) is 0 Å². The predicted octanol–water partition coefficient (Wildman–Crippen LogP) is 3.69. The van der Waals surface area contributed by atoms with E-state index in [0.29, 0.717) is 11.6 Å². The van der Waals surface area contributed by atoms with Crippen LogP contribution >= 0.6 is 11.6 Å². The average molecular weight is 325 g/mol. The maximum Gasteiger partial charge on any atom is 0.238 e. The number of carbonyl (C=O) groups is 1. The van der Waals surface area contributed by atoms with Crippen molar-refractivity contribution in [2.24, 2.45) is 0 Å². The number of likely N-dealkylation sites (N-methyl/N-ethyl adjacent to an activating group) is 1. The van der Waals surface area contributed by atoms with Crippen molar-refractivity contribution in [3.63, 3.8) is 0 Å². The SMILES string of the molecule is CN(CC(=O)Nc1ccc(F)cc1F)Cc1ccccc1Cl. The van der Waals surface area contributed by atoms with Crippen molar-refractivity contribution in [3.05, 3.63) is 64.7 Å². The number of amides is 1. The molecule has 0 radical (unpaired) electrons. The number of halogens is 3. The smallest absolute Gasteiger partial charge is 0.238 e. The number of rotatable bonds is 5. The van der Waals surface area contributed by atoms with E-state index in [2.05, 4.69) is 5.32 Å². The summed E-state index contributed by atoms with van der Waals surface area (Å²) in [5.74, 6) is -1.88. The van der Waals surface area contributed by atoms with Crippen LogP contribution in [0.2, 0.25) is 5.02 Å². The Labute approximate surface area is 132 Å². The van der Waals surface area contributed by atoms with Crippen LogP contribution in [-0.2, 0) is 11.3 Å². The van der Waals surface area contributed by atoms with Gasteiger partial charge in [0.2, 0.25) is 5.91 Å². The zero-order chi connectivity index (χ0) is 16.1. The molecule has 6 heteroatoms. The zero-order valence-electron chi connectivity index (χ0n) is 11.9. The third-order valence-electron chi connectivity index (χ3n) is 3.02. The van der Waals surface area contributed by atoms with Crippen LogP contribution in [0.5, 0.6) is 0 Å². The van der Waals surface area contributed by atoms with Crippen molar-refractivity contribution in [1.29, 1.82) is 0 Å². The van der Waals surface area contributed by atoms with Gasteiger partial charge in [-0.05, 0) is 30.8 Å². The van der Waals surface area contributed by atoms with E-state index in [0.717, 1.165) is 17.7 Å². The minimum absolute atomic E-state index is 0.0439. The molecule has 2 rings (SSSR count). The summed E-state index contributed by atoms with van der Waals surface area (Å²) in [5, 5.41) is 3.04. The van der Waals surface area contributed by atoms with Gasteiger partial charge in [-0.2, -0.15) is 0 Å². The minimum Gasteiger partial charge on any atom is -0.322 e. The first-order chi connectivity index (χ1) is 10.5. The standard InChI is InChI=1S/C16H15ClF2N2O/c1-21(9-11-4-2-3-5-13(11)17)10-16(22)20-15-7-6-12(18)8-14(15)19/h2-8H,9-10H2,1H3,(H,20,22). The highest BCUT2D eigenvalue weighted by Crippen LogP contribution is 2.17. The third kappa shape index (κ3) is 4.51. The van der Waals surface area contributed by atoms with Gasteiger partial charge in [-0.1, -0.05) is 29.8 Å². The Kier molecular flexibility index (Phi) is 5.46. The van der Waals surface area contributed by atoms with E-state index in [1.165, 1.54) is 6.07 Å². The van der Waals surface area contributed by atoms with Crippen LogP contribution < -0.4 is 5.32 Å². The first-order valence-electron chi connectivity index (χ1n) is 6.62. The topological polar surface area (TPSA) is 32.3 Å². The van der Waals surface area contributed by atoms with E-state index in [1.54, 1.807) is 18.0 Å². The number of carbonyl (C=O) groups excluding carboxylic acids is 1. The number of nitrogens with zero attached hydrogens (tertiary/aromatic N) is 1. The first-order valence-corrected chi connectivity index (χ1v) is 7.00. The summed E-state index contributed by atoms with van der Waals surface area (Å²) in [4.78, 5) is 13.6. The third-order valence-corrected chi connectivity index (χ3v) is 3.39. The summed E-state index contributed by atoms with van der Waals surface area (Å²) in [6.07, 6.45) is 0. The van der Waals surface area contributed by atoms with Gasteiger partial charge >= 0.3 is 0 Å². The van der Waals surface area contributed by atoms with Gasteiger partial charge in [-0.25, -0.2) is 8.78 Å². The Morgan fingerprint density at radius 2 is 1.95 bits per heavy atom. The normalized spacial score (nSPS) is 10.8. The summed E-state index contributed by atoms with van der Waals surface area (Å²) in [6, 6.07) is 10.3. The summed E-state index contributed by atoms with van der Waals surface area (Å²) in [6.45, 7) is 0.543. The largest absolute Gasteiger partial charge is 0.322 e. The van der Waals surface area contributed by atoms with E-state index in [4.69, 9.17) is 11.6 Å². The Bertz CT molecular complexity index is 679. The van der Waals surface area contributed by atoms with E-state index in [1.807, 2.05) is 18.2 Å². The molecule has 0 aliphatic heterocycles. The fraction of sp³-hybridized carbons (Fsp3) is 0.188. The van der Waals surface area contributed by atoms with Gasteiger partial charge < -0.3 is 5.32 Å². The second-order valence-electron chi connectivity index (χ2n) is 4.94. The number of benzene rings is 2. The number of hydrogen-bond donors (Lipinski definition) is 1. The van der Waals surface area contributed by atoms with Crippen LogP contribution in [0.1, 0.15) is 5.56 Å². The van der Waals surface area contributed by atoms with Crippen molar-refractivity contribution < 1.29 is 13.6 Å². The molecule has 0 bridgehead atoms. The van der Waals surface area contributed by atoms with Crippen LogP contribution in [0, 0.1) is 11.6 Å². The molecule has 22 heavy (non-hydrogen) atoms. The highest BCUT2D eigenvalue weighted by Gasteiger charge is 2.11. The monoisotopic (exact) mass is 324 g/mol. The molecule has 0 atom stereocenters. The van der Waals surface area contributed by atoms with Crippen LogP contribution in [-0.4, -0.2) is 24.4 Å². The Hall–Kier alpha value is -1.98. The molecule has 0 saturated carbocycles. The molecule has 0 unspecified atom stereocenters. The van der Waals surface area contributed by atoms with Crippen LogP contribution in [0.25, 0.3) is 0 Å². The molecule has 3 nitrogen and oxygen atoms in total. The molecular weight excluding hydrogens is 310 g/mol. The summed E-state index contributed by atoms with van der Waals surface area (Å²) >= 11 is 6.06. The van der Waals surface area contributed by atoms with Gasteiger partial charge in [-0.3, -0.25) is 9.69 Å². The van der Waals surface area contributed by atoms with Gasteiger partial charge in [0.05, 0.1) is 12.2 Å². The fourth-order valence-corrected chi connectivity index (χ4v) is 2.19. The highest BCUT2D eigenvalue weighted by molar-refractivity contribution is 6.31. The summed E-state index contributed by atoms with van der Waals surface area (Å²) < 4.78 is 26.3. The lowest BCUT2D eigenvalue weighted by Gasteiger charge is -2.17. The van der Waals surface area contributed by atoms with E-state index < -0.39 is 11.6 Å². The Balaban J connectivity index is 1.93. The van der Waals surface area contributed by atoms with Gasteiger partial charge in [0.25, 0.3) is 0 Å². The zero-order valence-corrected chi connectivity index (χ0v) is 12.7. The lowest BCUT2D eigenvalue weighted by Crippen LogP contribution is -2.30. The lowest BCUT2D eigenvalue weighted by molar-refractivity contribution is -0.117.